The van der Waals surface area contributed by atoms with Crippen molar-refractivity contribution in [2.24, 2.45) is 0 Å². The van der Waals surface area contributed by atoms with Crippen molar-refractivity contribution in [1.82, 2.24) is 14.8 Å². The molecule has 0 saturated heterocycles. The molecule has 0 aliphatic rings. The van der Waals surface area contributed by atoms with Gasteiger partial charge in [0, 0.05) is 22.6 Å². The number of aromatic nitrogens is 3. The minimum Gasteiger partial charge on any atom is -0.324 e. The fraction of sp³-hybridized carbons (Fsp3) is 0.0833. The molecule has 0 fully saturated rings. The van der Waals surface area contributed by atoms with E-state index in [0.717, 1.165) is 11.1 Å². The molecule has 4 aromatic rings. The van der Waals surface area contributed by atoms with Crippen LogP contribution in [0.2, 0.25) is 0 Å². The molecule has 4 rings (SSSR count). The molecule has 0 atom stereocenters. The summed E-state index contributed by atoms with van der Waals surface area (Å²) in [4.78, 5) is 25.0. The average Bonchev–Trinajstić information content (AvgIpc) is 3.14. The number of benzene rings is 3. The Kier molecular flexibility index (Phi) is 6.61. The SMILES string of the molecule is Cc1cccc(-c2n[nH]c(=S)n2CC(=O)Nc2cccc(NC(=O)Nc3ccccc3)c2)c1. The second-order valence-corrected chi connectivity index (χ2v) is 7.77. The van der Waals surface area contributed by atoms with Gasteiger partial charge in [0.2, 0.25) is 5.91 Å². The van der Waals surface area contributed by atoms with Crippen LogP contribution in [0.25, 0.3) is 11.4 Å². The van der Waals surface area contributed by atoms with E-state index < -0.39 is 0 Å². The molecule has 33 heavy (non-hydrogen) atoms. The number of aryl methyl sites for hydroxylation is 1. The molecule has 0 bridgehead atoms. The van der Waals surface area contributed by atoms with Crippen LogP contribution in [0.15, 0.2) is 78.9 Å². The highest BCUT2D eigenvalue weighted by Gasteiger charge is 2.13. The first kappa shape index (κ1) is 22.0. The van der Waals surface area contributed by atoms with Gasteiger partial charge in [0.15, 0.2) is 10.6 Å². The largest absolute Gasteiger partial charge is 0.324 e. The molecule has 9 heteroatoms. The molecule has 166 valence electrons. The van der Waals surface area contributed by atoms with E-state index in [9.17, 15) is 9.59 Å². The zero-order chi connectivity index (χ0) is 23.2. The Labute approximate surface area is 195 Å². The molecule has 8 nitrogen and oxygen atoms in total. The van der Waals surface area contributed by atoms with Crippen LogP contribution < -0.4 is 16.0 Å². The molecular formula is C24H22N6O2S. The van der Waals surface area contributed by atoms with E-state index in [-0.39, 0.29) is 18.5 Å². The Bertz CT molecular complexity index is 1350. The van der Waals surface area contributed by atoms with Gasteiger partial charge in [-0.3, -0.25) is 14.5 Å². The quantitative estimate of drug-likeness (QED) is 0.298. The van der Waals surface area contributed by atoms with Gasteiger partial charge in [-0.2, -0.15) is 5.10 Å². The first-order valence-corrected chi connectivity index (χ1v) is 10.6. The number of hydrogen-bond donors (Lipinski definition) is 4. The molecule has 1 heterocycles. The minimum atomic E-state index is -0.378. The van der Waals surface area contributed by atoms with Crippen LogP contribution in [-0.4, -0.2) is 26.7 Å². The maximum absolute atomic E-state index is 12.7. The second-order valence-electron chi connectivity index (χ2n) is 7.38. The number of nitrogens with zero attached hydrogens (tertiary/aromatic N) is 2. The number of anilines is 3. The zero-order valence-corrected chi connectivity index (χ0v) is 18.6. The number of rotatable bonds is 6. The Balaban J connectivity index is 1.42. The number of urea groups is 1. The lowest BCUT2D eigenvalue weighted by Crippen LogP contribution is -2.21. The summed E-state index contributed by atoms with van der Waals surface area (Å²) in [5.41, 5.74) is 3.72. The minimum absolute atomic E-state index is 0.00917. The summed E-state index contributed by atoms with van der Waals surface area (Å²) in [7, 11) is 0. The molecule has 0 saturated carbocycles. The first-order valence-electron chi connectivity index (χ1n) is 10.2. The number of carbonyl (C=O) groups excluding carboxylic acids is 2. The average molecular weight is 459 g/mol. The predicted molar refractivity (Wildman–Crippen MR) is 132 cm³/mol. The van der Waals surface area contributed by atoms with Crippen molar-refractivity contribution >= 4 is 41.2 Å². The number of hydrogen-bond acceptors (Lipinski definition) is 4. The van der Waals surface area contributed by atoms with Crippen molar-refractivity contribution in [1.29, 1.82) is 0 Å². The standard InChI is InChI=1S/C24H22N6O2S/c1-16-7-5-8-17(13-16)22-28-29-24(33)30(22)15-21(31)25-19-11-6-12-20(14-19)27-23(32)26-18-9-3-2-4-10-18/h2-14H,15H2,1H3,(H,25,31)(H,29,33)(H2,26,27,32). The van der Waals surface area contributed by atoms with Crippen molar-refractivity contribution in [3.63, 3.8) is 0 Å². The lowest BCUT2D eigenvalue weighted by Gasteiger charge is -2.11. The summed E-state index contributed by atoms with van der Waals surface area (Å²) in [6.07, 6.45) is 0. The Morgan fingerprint density at radius 1 is 0.879 bits per heavy atom. The number of aromatic amines is 1. The molecule has 3 aromatic carbocycles. The normalized spacial score (nSPS) is 10.5. The lowest BCUT2D eigenvalue weighted by molar-refractivity contribution is -0.116. The number of nitrogens with one attached hydrogen (secondary N) is 4. The third-order valence-corrected chi connectivity index (χ3v) is 5.08. The van der Waals surface area contributed by atoms with Crippen LogP contribution in [0.3, 0.4) is 0 Å². The Hall–Kier alpha value is -4.24. The molecule has 0 spiro atoms. The topological polar surface area (TPSA) is 104 Å². The molecule has 0 aliphatic heterocycles. The summed E-state index contributed by atoms with van der Waals surface area (Å²) >= 11 is 5.32. The molecule has 0 radical (unpaired) electrons. The maximum atomic E-state index is 12.7. The van der Waals surface area contributed by atoms with Gasteiger partial charge in [-0.15, -0.1) is 0 Å². The highest BCUT2D eigenvalue weighted by molar-refractivity contribution is 7.71. The van der Waals surface area contributed by atoms with Crippen molar-refractivity contribution in [2.45, 2.75) is 13.5 Å². The van der Waals surface area contributed by atoms with E-state index in [1.807, 2.05) is 49.4 Å². The van der Waals surface area contributed by atoms with Gasteiger partial charge in [0.1, 0.15) is 6.54 Å². The molecule has 4 N–H and O–H groups in total. The van der Waals surface area contributed by atoms with Gasteiger partial charge in [-0.1, -0.05) is 48.0 Å². The van der Waals surface area contributed by atoms with Crippen molar-refractivity contribution in [3.05, 3.63) is 89.2 Å². The molecule has 1 aromatic heterocycles. The van der Waals surface area contributed by atoms with E-state index >= 15 is 0 Å². The third kappa shape index (κ3) is 5.72. The molecule has 3 amide bonds. The van der Waals surface area contributed by atoms with Gasteiger partial charge in [0.25, 0.3) is 0 Å². The van der Waals surface area contributed by atoms with Crippen LogP contribution in [0.1, 0.15) is 5.56 Å². The zero-order valence-electron chi connectivity index (χ0n) is 17.8. The van der Waals surface area contributed by atoms with Crippen LogP contribution in [0, 0.1) is 11.7 Å². The van der Waals surface area contributed by atoms with Gasteiger partial charge in [-0.05, 0) is 55.5 Å². The van der Waals surface area contributed by atoms with Gasteiger partial charge >= 0.3 is 6.03 Å². The van der Waals surface area contributed by atoms with Crippen LogP contribution in [0.4, 0.5) is 21.9 Å². The van der Waals surface area contributed by atoms with E-state index in [4.69, 9.17) is 12.2 Å². The summed E-state index contributed by atoms with van der Waals surface area (Å²) in [5.74, 6) is 0.319. The van der Waals surface area contributed by atoms with Crippen LogP contribution >= 0.6 is 12.2 Å². The fourth-order valence-corrected chi connectivity index (χ4v) is 3.50. The summed E-state index contributed by atoms with van der Waals surface area (Å²) < 4.78 is 2.00. The van der Waals surface area contributed by atoms with Crippen molar-refractivity contribution in [2.75, 3.05) is 16.0 Å². The Morgan fingerprint density at radius 2 is 1.55 bits per heavy atom. The predicted octanol–water partition coefficient (Wildman–Crippen LogP) is 5.20. The highest BCUT2D eigenvalue weighted by Crippen LogP contribution is 2.20. The van der Waals surface area contributed by atoms with Crippen molar-refractivity contribution < 1.29 is 9.59 Å². The van der Waals surface area contributed by atoms with Gasteiger partial charge < -0.3 is 16.0 Å². The second kappa shape index (κ2) is 9.92. The third-order valence-electron chi connectivity index (χ3n) is 4.77. The lowest BCUT2D eigenvalue weighted by atomic mass is 10.1. The Morgan fingerprint density at radius 3 is 2.30 bits per heavy atom. The number of amides is 3. The van der Waals surface area contributed by atoms with E-state index in [1.165, 1.54) is 0 Å². The van der Waals surface area contributed by atoms with Crippen LogP contribution in [0.5, 0.6) is 0 Å². The summed E-state index contributed by atoms with van der Waals surface area (Å²) in [6.45, 7) is 1.98. The van der Waals surface area contributed by atoms with Gasteiger partial charge in [-0.25, -0.2) is 4.79 Å². The van der Waals surface area contributed by atoms with Crippen molar-refractivity contribution in [3.8, 4) is 11.4 Å². The number of para-hydroxylation sites is 1. The number of carbonyl (C=O) groups is 2. The molecule has 0 unspecified atom stereocenters. The fourth-order valence-electron chi connectivity index (χ4n) is 3.30. The molecular weight excluding hydrogens is 436 g/mol. The number of H-pyrrole nitrogens is 1. The monoisotopic (exact) mass is 458 g/mol. The molecule has 0 aliphatic carbocycles. The maximum Gasteiger partial charge on any atom is 0.323 e. The first-order chi connectivity index (χ1) is 16.0. The van der Waals surface area contributed by atoms with Gasteiger partial charge in [0.05, 0.1) is 0 Å². The van der Waals surface area contributed by atoms with E-state index in [2.05, 4.69) is 26.1 Å². The summed E-state index contributed by atoms with van der Waals surface area (Å²) in [5, 5.41) is 15.4. The summed E-state index contributed by atoms with van der Waals surface area (Å²) in [6, 6.07) is 23.5. The van der Waals surface area contributed by atoms with E-state index in [0.29, 0.717) is 27.7 Å². The van der Waals surface area contributed by atoms with E-state index in [1.54, 1.807) is 41.0 Å². The van der Waals surface area contributed by atoms with Crippen LogP contribution in [-0.2, 0) is 11.3 Å². The smallest absolute Gasteiger partial charge is 0.323 e. The highest BCUT2D eigenvalue weighted by atomic mass is 32.1.